The van der Waals surface area contributed by atoms with Gasteiger partial charge in [0.2, 0.25) is 17.7 Å². The van der Waals surface area contributed by atoms with Gasteiger partial charge in [-0.2, -0.15) is 0 Å². The van der Waals surface area contributed by atoms with E-state index in [9.17, 15) is 24.3 Å². The van der Waals surface area contributed by atoms with Crippen LogP contribution in [0.25, 0.3) is 0 Å². The maximum Gasteiger partial charge on any atom is 0.326 e. The van der Waals surface area contributed by atoms with Gasteiger partial charge in [-0.15, -0.1) is 0 Å². The molecular weight excluding hydrogens is 482 g/mol. The van der Waals surface area contributed by atoms with Crippen molar-refractivity contribution < 1.29 is 24.3 Å². The van der Waals surface area contributed by atoms with Crippen LogP contribution in [0.3, 0.4) is 0 Å². The molecule has 3 amide bonds. The molecule has 1 heterocycles. The van der Waals surface area contributed by atoms with Crippen molar-refractivity contribution in [2.75, 3.05) is 6.54 Å². The standard InChI is InChI=1S/C23H41N9O5/c1-12(2)8-16(19(33)30-15(22(36)37)6-5-7-28-23(25)26)31-20(34)17(9-14-10-27-11-29-14)32-21(35)18(24)13(3)4/h10-13,15-18H,5-9,24H2,1-4H3,(H,27,29)(H,30,33)(H,31,34)(H,32,35)(H,36,37)(H4,25,26,28). The van der Waals surface area contributed by atoms with Crippen LogP contribution in [0.1, 0.15) is 52.7 Å². The fourth-order valence-corrected chi connectivity index (χ4v) is 3.40. The number of aromatic amines is 1. The Morgan fingerprint density at radius 2 is 1.59 bits per heavy atom. The van der Waals surface area contributed by atoms with E-state index in [4.69, 9.17) is 17.2 Å². The van der Waals surface area contributed by atoms with Crippen LogP contribution in [0.5, 0.6) is 0 Å². The Bertz CT molecular complexity index is 914. The molecule has 0 aliphatic rings. The molecule has 0 aliphatic heterocycles. The van der Waals surface area contributed by atoms with Crippen molar-refractivity contribution in [3.05, 3.63) is 18.2 Å². The number of aliphatic carboxylic acids is 1. The number of nitrogens with zero attached hydrogens (tertiary/aromatic N) is 2. The highest BCUT2D eigenvalue weighted by atomic mass is 16.4. The molecule has 0 saturated heterocycles. The third kappa shape index (κ3) is 11.7. The molecule has 14 heteroatoms. The number of hydrogen-bond donors (Lipinski definition) is 8. The number of carbonyl (C=O) groups is 4. The fraction of sp³-hybridized carbons (Fsp3) is 0.652. The van der Waals surface area contributed by atoms with Gasteiger partial charge in [0.1, 0.15) is 18.1 Å². The van der Waals surface area contributed by atoms with Crippen LogP contribution in [0.2, 0.25) is 0 Å². The number of rotatable bonds is 16. The van der Waals surface area contributed by atoms with E-state index < -0.39 is 47.9 Å². The molecular formula is C23H41N9O5. The van der Waals surface area contributed by atoms with E-state index in [1.807, 2.05) is 13.8 Å². The number of nitrogens with two attached hydrogens (primary N) is 3. The lowest BCUT2D eigenvalue weighted by molar-refractivity contribution is -0.142. The minimum atomic E-state index is -1.22. The summed E-state index contributed by atoms with van der Waals surface area (Å²) in [5.41, 5.74) is 17.1. The Hall–Kier alpha value is -3.68. The number of nitrogens with one attached hydrogen (secondary N) is 4. The largest absolute Gasteiger partial charge is 0.480 e. The predicted molar refractivity (Wildman–Crippen MR) is 138 cm³/mol. The van der Waals surface area contributed by atoms with E-state index in [0.717, 1.165) is 0 Å². The van der Waals surface area contributed by atoms with Crippen molar-refractivity contribution in [3.8, 4) is 0 Å². The molecule has 1 rings (SSSR count). The zero-order valence-corrected chi connectivity index (χ0v) is 21.9. The third-order valence-electron chi connectivity index (χ3n) is 5.53. The number of amides is 3. The number of guanidine groups is 1. The Balaban J connectivity index is 3.01. The zero-order chi connectivity index (χ0) is 28.1. The summed E-state index contributed by atoms with van der Waals surface area (Å²) in [6.07, 6.45) is 3.71. The lowest BCUT2D eigenvalue weighted by Crippen LogP contribution is -2.58. The molecule has 1 aromatic rings. The fourth-order valence-electron chi connectivity index (χ4n) is 3.40. The average Bonchev–Trinajstić information content (AvgIpc) is 3.31. The summed E-state index contributed by atoms with van der Waals surface area (Å²) in [6.45, 7) is 7.51. The minimum Gasteiger partial charge on any atom is -0.480 e. The second-order valence-electron chi connectivity index (χ2n) is 9.65. The van der Waals surface area contributed by atoms with E-state index in [0.29, 0.717) is 12.1 Å². The minimum absolute atomic E-state index is 0.00351. The van der Waals surface area contributed by atoms with Gasteiger partial charge >= 0.3 is 5.97 Å². The van der Waals surface area contributed by atoms with Gasteiger partial charge in [-0.05, 0) is 31.1 Å². The molecule has 1 aromatic heterocycles. The second-order valence-corrected chi connectivity index (χ2v) is 9.65. The first-order valence-corrected chi connectivity index (χ1v) is 12.2. The van der Waals surface area contributed by atoms with Crippen molar-refractivity contribution in [1.82, 2.24) is 25.9 Å². The molecule has 0 fully saturated rings. The summed E-state index contributed by atoms with van der Waals surface area (Å²) in [4.78, 5) is 61.2. The Kier molecular flexibility index (Phi) is 13.1. The Labute approximate surface area is 216 Å². The first kappa shape index (κ1) is 31.4. The van der Waals surface area contributed by atoms with Gasteiger partial charge < -0.3 is 43.2 Å². The van der Waals surface area contributed by atoms with Crippen molar-refractivity contribution in [2.45, 2.75) is 77.5 Å². The topological polar surface area (TPSA) is 244 Å². The van der Waals surface area contributed by atoms with Gasteiger partial charge in [-0.1, -0.05) is 27.7 Å². The van der Waals surface area contributed by atoms with Gasteiger partial charge in [0.25, 0.3) is 0 Å². The van der Waals surface area contributed by atoms with Gasteiger partial charge in [0, 0.05) is 24.9 Å². The average molecular weight is 524 g/mol. The quantitative estimate of drug-likeness (QED) is 0.0718. The highest BCUT2D eigenvalue weighted by molar-refractivity contribution is 5.94. The van der Waals surface area contributed by atoms with Crippen molar-refractivity contribution in [1.29, 1.82) is 0 Å². The zero-order valence-electron chi connectivity index (χ0n) is 21.9. The number of H-pyrrole nitrogens is 1. The lowest BCUT2D eigenvalue weighted by atomic mass is 10.0. The van der Waals surface area contributed by atoms with Crippen molar-refractivity contribution in [2.24, 2.45) is 34.0 Å². The van der Waals surface area contributed by atoms with Crippen LogP contribution in [0.15, 0.2) is 17.5 Å². The molecule has 0 aliphatic carbocycles. The van der Waals surface area contributed by atoms with Crippen molar-refractivity contribution >= 4 is 29.7 Å². The number of aromatic nitrogens is 2. The van der Waals surface area contributed by atoms with Gasteiger partial charge in [0.15, 0.2) is 5.96 Å². The van der Waals surface area contributed by atoms with E-state index in [1.165, 1.54) is 12.5 Å². The monoisotopic (exact) mass is 523 g/mol. The molecule has 14 nitrogen and oxygen atoms in total. The van der Waals surface area contributed by atoms with Crippen LogP contribution in [0, 0.1) is 11.8 Å². The Morgan fingerprint density at radius 3 is 2.11 bits per heavy atom. The smallest absolute Gasteiger partial charge is 0.326 e. The molecule has 0 bridgehead atoms. The molecule has 0 radical (unpaired) electrons. The highest BCUT2D eigenvalue weighted by Gasteiger charge is 2.31. The van der Waals surface area contributed by atoms with Crippen LogP contribution in [-0.2, 0) is 25.6 Å². The number of imidazole rings is 1. The molecule has 37 heavy (non-hydrogen) atoms. The summed E-state index contributed by atoms with van der Waals surface area (Å²) >= 11 is 0. The summed E-state index contributed by atoms with van der Waals surface area (Å²) in [7, 11) is 0. The maximum atomic E-state index is 13.3. The predicted octanol–water partition coefficient (Wildman–Crippen LogP) is -1.43. The number of aliphatic imine (C=N–C) groups is 1. The maximum absolute atomic E-state index is 13.3. The number of hydrogen-bond acceptors (Lipinski definition) is 7. The SMILES string of the molecule is CC(C)CC(NC(=O)C(Cc1cnc[nH]1)NC(=O)C(N)C(C)C)C(=O)NC(CCCN=C(N)N)C(=O)O. The van der Waals surface area contributed by atoms with E-state index in [2.05, 4.69) is 30.9 Å². The normalized spacial score (nSPS) is 14.4. The van der Waals surface area contributed by atoms with Gasteiger partial charge in [0.05, 0.1) is 12.4 Å². The molecule has 4 unspecified atom stereocenters. The summed E-state index contributed by atoms with van der Waals surface area (Å²) in [6, 6.07) is -4.11. The number of carbonyl (C=O) groups excluding carboxylic acids is 3. The van der Waals surface area contributed by atoms with Crippen molar-refractivity contribution in [3.63, 3.8) is 0 Å². The molecule has 4 atom stereocenters. The van der Waals surface area contributed by atoms with Crippen LogP contribution >= 0.6 is 0 Å². The second kappa shape index (κ2) is 15.4. The lowest BCUT2D eigenvalue weighted by Gasteiger charge is -2.26. The number of carboxylic acid groups (broad SMARTS) is 1. The van der Waals surface area contributed by atoms with E-state index in [-0.39, 0.29) is 43.6 Å². The summed E-state index contributed by atoms with van der Waals surface area (Å²) in [5, 5.41) is 17.4. The first-order valence-electron chi connectivity index (χ1n) is 12.2. The van der Waals surface area contributed by atoms with Crippen LogP contribution in [-0.4, -0.2) is 75.4 Å². The summed E-state index contributed by atoms with van der Waals surface area (Å²) in [5.74, 6) is -3.26. The molecule has 0 saturated carbocycles. The van der Waals surface area contributed by atoms with Crippen LogP contribution in [0.4, 0.5) is 0 Å². The molecule has 208 valence electrons. The van der Waals surface area contributed by atoms with Gasteiger partial charge in [-0.3, -0.25) is 19.4 Å². The third-order valence-corrected chi connectivity index (χ3v) is 5.53. The number of carboxylic acids is 1. The molecule has 0 spiro atoms. The molecule has 11 N–H and O–H groups in total. The highest BCUT2D eigenvalue weighted by Crippen LogP contribution is 2.09. The first-order chi connectivity index (χ1) is 17.3. The van der Waals surface area contributed by atoms with E-state index >= 15 is 0 Å². The molecule has 0 aromatic carbocycles. The van der Waals surface area contributed by atoms with Crippen LogP contribution < -0.4 is 33.2 Å². The van der Waals surface area contributed by atoms with Gasteiger partial charge in [-0.25, -0.2) is 9.78 Å². The summed E-state index contributed by atoms with van der Waals surface area (Å²) < 4.78 is 0. The Morgan fingerprint density at radius 1 is 1.00 bits per heavy atom. The van der Waals surface area contributed by atoms with E-state index in [1.54, 1.807) is 13.8 Å².